The average Bonchev–Trinajstić information content (AvgIpc) is 2.62. The van der Waals surface area contributed by atoms with E-state index in [-0.39, 0.29) is 11.7 Å². The lowest BCUT2D eigenvalue weighted by molar-refractivity contribution is -0.122. The van der Waals surface area contributed by atoms with Gasteiger partial charge in [0.1, 0.15) is 11.9 Å². The summed E-state index contributed by atoms with van der Waals surface area (Å²) in [7, 11) is -3.87. The molecule has 0 bridgehead atoms. The van der Waals surface area contributed by atoms with E-state index in [0.29, 0.717) is 6.42 Å². The Balaban J connectivity index is 2.31. The summed E-state index contributed by atoms with van der Waals surface area (Å²) in [5.74, 6) is -1.19. The van der Waals surface area contributed by atoms with Crippen molar-refractivity contribution in [3.63, 3.8) is 0 Å². The number of halogens is 1. The zero-order valence-corrected chi connectivity index (χ0v) is 17.7. The van der Waals surface area contributed by atoms with E-state index in [2.05, 4.69) is 5.32 Å². The highest BCUT2D eigenvalue weighted by Gasteiger charge is 2.31. The number of hydrogen-bond donors (Lipinski definition) is 1. The van der Waals surface area contributed by atoms with Crippen LogP contribution >= 0.6 is 0 Å². The molecule has 2 aromatic rings. The van der Waals surface area contributed by atoms with Gasteiger partial charge in [0.05, 0.1) is 18.0 Å². The first kappa shape index (κ1) is 21.9. The molecule has 152 valence electrons. The Morgan fingerprint density at radius 3 is 2.32 bits per heavy atom. The van der Waals surface area contributed by atoms with Crippen LogP contribution in [0.25, 0.3) is 0 Å². The second-order valence-electron chi connectivity index (χ2n) is 7.00. The highest BCUT2D eigenvalue weighted by atomic mass is 32.2. The van der Waals surface area contributed by atoms with Gasteiger partial charge in [0.25, 0.3) is 0 Å². The Morgan fingerprint density at radius 1 is 1.14 bits per heavy atom. The number of nitrogens with one attached hydrogen (secondary N) is 1. The lowest BCUT2D eigenvalue weighted by atomic mass is 9.99. The summed E-state index contributed by atoms with van der Waals surface area (Å²) < 4.78 is 39.7. The van der Waals surface area contributed by atoms with Crippen molar-refractivity contribution in [1.29, 1.82) is 0 Å². The van der Waals surface area contributed by atoms with Crippen LogP contribution in [0.15, 0.2) is 42.5 Å². The van der Waals surface area contributed by atoms with Crippen molar-refractivity contribution in [3.05, 3.63) is 65.0 Å². The van der Waals surface area contributed by atoms with Crippen LogP contribution in [0.4, 0.5) is 10.1 Å². The van der Waals surface area contributed by atoms with Gasteiger partial charge in [-0.15, -0.1) is 0 Å². The molecule has 28 heavy (non-hydrogen) atoms. The monoisotopic (exact) mass is 406 g/mol. The van der Waals surface area contributed by atoms with Crippen LogP contribution in [0.2, 0.25) is 0 Å². The molecule has 7 heteroatoms. The molecule has 5 nitrogen and oxygen atoms in total. The third-order valence-corrected chi connectivity index (χ3v) is 6.06. The van der Waals surface area contributed by atoms with E-state index in [0.717, 1.165) is 27.3 Å². The van der Waals surface area contributed by atoms with Crippen LogP contribution in [0.5, 0.6) is 0 Å². The first-order valence-corrected chi connectivity index (χ1v) is 11.0. The molecule has 0 heterocycles. The van der Waals surface area contributed by atoms with E-state index in [4.69, 9.17) is 0 Å². The lowest BCUT2D eigenvalue weighted by Crippen LogP contribution is -2.48. The number of hydrogen-bond acceptors (Lipinski definition) is 3. The van der Waals surface area contributed by atoms with Crippen LogP contribution in [0, 0.1) is 19.7 Å². The summed E-state index contributed by atoms with van der Waals surface area (Å²) >= 11 is 0. The summed E-state index contributed by atoms with van der Waals surface area (Å²) in [6.45, 7) is 7.41. The highest BCUT2D eigenvalue weighted by molar-refractivity contribution is 7.92. The molecular weight excluding hydrogens is 379 g/mol. The molecule has 2 rings (SSSR count). The molecule has 0 aromatic heterocycles. The average molecular weight is 407 g/mol. The number of carbonyl (C=O) groups excluding carboxylic acids is 1. The minimum atomic E-state index is -3.87. The summed E-state index contributed by atoms with van der Waals surface area (Å²) in [5.41, 5.74) is 3.07. The van der Waals surface area contributed by atoms with Crippen LogP contribution < -0.4 is 9.62 Å². The molecule has 0 spiro atoms. The Kier molecular flexibility index (Phi) is 6.82. The van der Waals surface area contributed by atoms with Gasteiger partial charge in [-0.3, -0.25) is 9.10 Å². The molecule has 2 unspecified atom stereocenters. The van der Waals surface area contributed by atoms with Gasteiger partial charge >= 0.3 is 0 Å². The Hall–Kier alpha value is -2.41. The molecule has 1 amide bonds. The minimum absolute atomic E-state index is 0.146. The molecule has 0 saturated heterocycles. The van der Waals surface area contributed by atoms with E-state index in [1.165, 1.54) is 31.2 Å². The van der Waals surface area contributed by atoms with Crippen molar-refractivity contribution >= 4 is 21.6 Å². The maximum Gasteiger partial charge on any atom is 0.244 e. The van der Waals surface area contributed by atoms with Crippen LogP contribution in [-0.4, -0.2) is 26.6 Å². The van der Waals surface area contributed by atoms with Crippen molar-refractivity contribution < 1.29 is 17.6 Å². The number of sulfonamides is 1. The molecular formula is C21H27FN2O3S. The predicted octanol–water partition coefficient (Wildman–Crippen LogP) is 3.86. The standard InChI is InChI=1S/C21H27FN2O3S/c1-6-19(17-12-11-14(2)15(3)13-17)23-21(25)16(4)24(28(5,26)27)20-10-8-7-9-18(20)22/h7-13,16,19H,6H2,1-5H3,(H,23,25). The van der Waals surface area contributed by atoms with Crippen molar-refractivity contribution in [1.82, 2.24) is 5.32 Å². The number of anilines is 1. The number of rotatable bonds is 7. The van der Waals surface area contributed by atoms with Crippen molar-refractivity contribution in [2.75, 3.05) is 10.6 Å². The van der Waals surface area contributed by atoms with Crippen molar-refractivity contribution in [2.24, 2.45) is 0 Å². The number of benzene rings is 2. The van der Waals surface area contributed by atoms with E-state index < -0.39 is 27.8 Å². The minimum Gasteiger partial charge on any atom is -0.347 e. The van der Waals surface area contributed by atoms with Gasteiger partial charge in [0.15, 0.2) is 0 Å². The molecule has 0 radical (unpaired) electrons. The zero-order chi connectivity index (χ0) is 21.1. The summed E-state index contributed by atoms with van der Waals surface area (Å²) in [6, 6.07) is 10.1. The largest absolute Gasteiger partial charge is 0.347 e. The Morgan fingerprint density at radius 2 is 1.79 bits per heavy atom. The van der Waals surface area contributed by atoms with Gasteiger partial charge in [-0.05, 0) is 56.0 Å². The van der Waals surface area contributed by atoms with Gasteiger partial charge in [0, 0.05) is 0 Å². The lowest BCUT2D eigenvalue weighted by Gasteiger charge is -2.30. The third kappa shape index (κ3) is 4.90. The summed E-state index contributed by atoms with van der Waals surface area (Å²) in [6.07, 6.45) is 1.60. The number of carbonyl (C=O) groups is 1. The Labute approximate surface area is 166 Å². The topological polar surface area (TPSA) is 66.5 Å². The van der Waals surface area contributed by atoms with E-state index >= 15 is 0 Å². The second-order valence-corrected chi connectivity index (χ2v) is 8.86. The molecule has 0 saturated carbocycles. The Bertz CT molecular complexity index is 960. The molecule has 0 aliphatic rings. The van der Waals surface area contributed by atoms with Crippen LogP contribution in [-0.2, 0) is 14.8 Å². The number of nitrogens with zero attached hydrogens (tertiary/aromatic N) is 1. The molecule has 1 N–H and O–H groups in total. The number of amides is 1. The van der Waals surface area contributed by atoms with Crippen molar-refractivity contribution in [2.45, 2.75) is 46.2 Å². The summed E-state index contributed by atoms with van der Waals surface area (Å²) in [5, 5.41) is 2.90. The fourth-order valence-corrected chi connectivity index (χ4v) is 4.28. The van der Waals surface area contributed by atoms with Crippen LogP contribution in [0.1, 0.15) is 43.0 Å². The van der Waals surface area contributed by atoms with Crippen LogP contribution in [0.3, 0.4) is 0 Å². The third-order valence-electron chi connectivity index (χ3n) is 4.84. The van der Waals surface area contributed by atoms with E-state index in [1.807, 2.05) is 39.0 Å². The molecule has 2 aromatic carbocycles. The predicted molar refractivity (Wildman–Crippen MR) is 110 cm³/mol. The molecule has 0 aliphatic carbocycles. The van der Waals surface area contributed by atoms with Gasteiger partial charge in [-0.1, -0.05) is 37.3 Å². The number of para-hydroxylation sites is 1. The van der Waals surface area contributed by atoms with E-state index in [1.54, 1.807) is 0 Å². The molecule has 2 atom stereocenters. The normalized spacial score (nSPS) is 13.6. The SMILES string of the molecule is CCC(NC(=O)C(C)N(c1ccccc1F)S(C)(=O)=O)c1ccc(C)c(C)c1. The smallest absolute Gasteiger partial charge is 0.244 e. The van der Waals surface area contributed by atoms with Gasteiger partial charge in [-0.25, -0.2) is 12.8 Å². The fraction of sp³-hybridized carbons (Fsp3) is 0.381. The van der Waals surface area contributed by atoms with Crippen molar-refractivity contribution in [3.8, 4) is 0 Å². The fourth-order valence-electron chi connectivity index (χ4n) is 3.11. The van der Waals surface area contributed by atoms with Gasteiger partial charge < -0.3 is 5.32 Å². The molecule has 0 fully saturated rings. The van der Waals surface area contributed by atoms with Gasteiger partial charge in [0.2, 0.25) is 15.9 Å². The first-order valence-electron chi connectivity index (χ1n) is 9.17. The quantitative estimate of drug-likeness (QED) is 0.759. The van der Waals surface area contributed by atoms with Gasteiger partial charge in [-0.2, -0.15) is 0 Å². The second kappa shape index (κ2) is 8.73. The molecule has 0 aliphatic heterocycles. The highest BCUT2D eigenvalue weighted by Crippen LogP contribution is 2.25. The maximum atomic E-state index is 14.2. The summed E-state index contributed by atoms with van der Waals surface area (Å²) in [4.78, 5) is 12.9. The zero-order valence-electron chi connectivity index (χ0n) is 16.9. The van der Waals surface area contributed by atoms with E-state index in [9.17, 15) is 17.6 Å². The maximum absolute atomic E-state index is 14.2. The number of aryl methyl sites for hydroxylation is 2. The first-order chi connectivity index (χ1) is 13.1.